The van der Waals surface area contributed by atoms with E-state index in [2.05, 4.69) is 10.6 Å². The van der Waals surface area contributed by atoms with Gasteiger partial charge in [0, 0.05) is 27.9 Å². The number of benzene rings is 3. The highest BCUT2D eigenvalue weighted by atomic mass is 35.5. The van der Waals surface area contributed by atoms with Gasteiger partial charge in [-0.05, 0) is 62.7 Å². The van der Waals surface area contributed by atoms with Crippen LogP contribution in [-0.2, 0) is 14.8 Å². The highest BCUT2D eigenvalue weighted by Gasteiger charge is 2.36. The topological polar surface area (TPSA) is 95.6 Å². The fourth-order valence-corrected chi connectivity index (χ4v) is 6.84. The molecule has 190 valence electrons. The van der Waals surface area contributed by atoms with Crippen molar-refractivity contribution in [3.05, 3.63) is 70.2 Å². The van der Waals surface area contributed by atoms with Crippen molar-refractivity contribution >= 4 is 61.5 Å². The molecule has 1 saturated heterocycles. The molecule has 0 spiro atoms. The number of piperidine rings is 1. The van der Waals surface area contributed by atoms with Gasteiger partial charge in [0.15, 0.2) is 0 Å². The number of hydrogen-bond donors (Lipinski definition) is 2. The molecule has 0 aromatic heterocycles. The monoisotopic (exact) mass is 547 g/mol. The first-order chi connectivity index (χ1) is 17.2. The van der Waals surface area contributed by atoms with Gasteiger partial charge in [-0.25, -0.2) is 12.7 Å². The van der Waals surface area contributed by atoms with Gasteiger partial charge >= 0.3 is 0 Å². The first-order valence-corrected chi connectivity index (χ1v) is 14.0. The smallest absolute Gasteiger partial charge is 0.267 e. The number of amides is 2. The standard InChI is InChI=1S/C26H27Cl2N3O4S/c1-2-5-25(32)31(18-12-14-29-15-13-18)36(34,35)24-11-10-23(19-6-3-4-7-20(19)24)30-26(33)21-9-8-17(27)16-22(21)28/h3-4,6-11,16,18,29H,2,5,12-15H2,1H3,(H,30,33). The van der Waals surface area contributed by atoms with Gasteiger partial charge in [0.25, 0.3) is 15.9 Å². The second-order valence-electron chi connectivity index (χ2n) is 8.66. The minimum absolute atomic E-state index is 0.0311. The van der Waals surface area contributed by atoms with Gasteiger partial charge < -0.3 is 10.6 Å². The number of carbonyl (C=O) groups excluding carboxylic acids is 2. The zero-order valence-corrected chi connectivity index (χ0v) is 22.1. The average molecular weight is 548 g/mol. The minimum Gasteiger partial charge on any atom is -0.321 e. The largest absolute Gasteiger partial charge is 0.321 e. The summed E-state index contributed by atoms with van der Waals surface area (Å²) < 4.78 is 29.0. The summed E-state index contributed by atoms with van der Waals surface area (Å²) in [7, 11) is -4.15. The molecule has 0 unspecified atom stereocenters. The summed E-state index contributed by atoms with van der Waals surface area (Å²) >= 11 is 12.1. The molecule has 36 heavy (non-hydrogen) atoms. The van der Waals surface area contributed by atoms with Crippen LogP contribution in [0.25, 0.3) is 10.8 Å². The second-order valence-corrected chi connectivity index (χ2v) is 11.3. The van der Waals surface area contributed by atoms with Crippen LogP contribution in [0.2, 0.25) is 10.0 Å². The molecule has 4 rings (SSSR count). The molecular weight excluding hydrogens is 521 g/mol. The van der Waals surface area contributed by atoms with E-state index in [-0.39, 0.29) is 21.9 Å². The predicted molar refractivity (Wildman–Crippen MR) is 143 cm³/mol. The molecule has 1 aliphatic rings. The second kappa shape index (κ2) is 11.2. The lowest BCUT2D eigenvalue weighted by atomic mass is 10.1. The number of carbonyl (C=O) groups is 2. The van der Waals surface area contributed by atoms with Crippen LogP contribution < -0.4 is 10.6 Å². The maximum Gasteiger partial charge on any atom is 0.267 e. The SMILES string of the molecule is CCCC(=O)N(C1CCNCC1)S(=O)(=O)c1ccc(NC(=O)c2ccc(Cl)cc2Cl)c2ccccc12. The molecule has 0 radical (unpaired) electrons. The molecule has 3 aromatic carbocycles. The Labute approximate surface area is 220 Å². The van der Waals surface area contributed by atoms with Gasteiger partial charge in [-0.3, -0.25) is 9.59 Å². The summed E-state index contributed by atoms with van der Waals surface area (Å²) in [6.07, 6.45) is 1.82. The number of fused-ring (bicyclic) bond motifs is 1. The Balaban J connectivity index is 1.76. The van der Waals surface area contributed by atoms with Crippen LogP contribution >= 0.6 is 23.2 Å². The maximum absolute atomic E-state index is 14.0. The molecule has 0 atom stereocenters. The third-order valence-electron chi connectivity index (χ3n) is 6.19. The molecule has 1 aliphatic heterocycles. The van der Waals surface area contributed by atoms with Crippen LogP contribution in [0.3, 0.4) is 0 Å². The van der Waals surface area contributed by atoms with E-state index in [4.69, 9.17) is 23.2 Å². The van der Waals surface area contributed by atoms with Crippen LogP contribution in [0.1, 0.15) is 43.0 Å². The minimum atomic E-state index is -4.15. The van der Waals surface area contributed by atoms with E-state index in [1.54, 1.807) is 36.4 Å². The predicted octanol–water partition coefficient (Wildman–Crippen LogP) is 5.47. The van der Waals surface area contributed by atoms with Crippen molar-refractivity contribution in [2.24, 2.45) is 0 Å². The van der Waals surface area contributed by atoms with Crippen molar-refractivity contribution in [2.75, 3.05) is 18.4 Å². The number of hydrogen-bond acceptors (Lipinski definition) is 5. The fraction of sp³-hybridized carbons (Fsp3) is 0.308. The number of halogens is 2. The van der Waals surface area contributed by atoms with Gasteiger partial charge in [-0.2, -0.15) is 0 Å². The summed E-state index contributed by atoms with van der Waals surface area (Å²) in [5, 5.41) is 7.61. The number of nitrogens with one attached hydrogen (secondary N) is 2. The Hall–Kier alpha value is -2.65. The van der Waals surface area contributed by atoms with E-state index in [1.807, 2.05) is 6.92 Å². The summed E-state index contributed by atoms with van der Waals surface area (Å²) in [5.74, 6) is -0.852. The van der Waals surface area contributed by atoms with E-state index in [9.17, 15) is 18.0 Å². The molecule has 10 heteroatoms. The number of sulfonamides is 1. The lowest BCUT2D eigenvalue weighted by molar-refractivity contribution is -0.128. The molecule has 7 nitrogen and oxygen atoms in total. The highest BCUT2D eigenvalue weighted by Crippen LogP contribution is 2.34. The van der Waals surface area contributed by atoms with Gasteiger partial charge in [0.05, 0.1) is 21.5 Å². The maximum atomic E-state index is 14.0. The van der Waals surface area contributed by atoms with E-state index >= 15 is 0 Å². The Kier molecular flexibility index (Phi) is 8.20. The van der Waals surface area contributed by atoms with Crippen molar-refractivity contribution in [1.82, 2.24) is 9.62 Å². The average Bonchev–Trinajstić information content (AvgIpc) is 2.84. The van der Waals surface area contributed by atoms with E-state index in [1.165, 1.54) is 18.2 Å². The Morgan fingerprint density at radius 3 is 2.39 bits per heavy atom. The summed E-state index contributed by atoms with van der Waals surface area (Å²) in [6, 6.07) is 14.1. The molecule has 0 saturated carbocycles. The van der Waals surface area contributed by atoms with Crippen molar-refractivity contribution < 1.29 is 18.0 Å². The van der Waals surface area contributed by atoms with Gasteiger partial charge in [0.2, 0.25) is 5.91 Å². The molecule has 0 bridgehead atoms. The molecule has 0 aliphatic carbocycles. The van der Waals surface area contributed by atoms with Crippen LogP contribution in [0, 0.1) is 0 Å². The molecule has 2 N–H and O–H groups in total. The number of nitrogens with zero attached hydrogens (tertiary/aromatic N) is 1. The lowest BCUT2D eigenvalue weighted by Crippen LogP contribution is -2.49. The van der Waals surface area contributed by atoms with Crippen LogP contribution in [-0.4, -0.2) is 43.7 Å². The fourth-order valence-electron chi connectivity index (χ4n) is 4.47. The van der Waals surface area contributed by atoms with Crippen molar-refractivity contribution in [3.63, 3.8) is 0 Å². The van der Waals surface area contributed by atoms with Crippen molar-refractivity contribution in [3.8, 4) is 0 Å². The van der Waals surface area contributed by atoms with Gasteiger partial charge in [-0.1, -0.05) is 54.4 Å². The molecule has 3 aromatic rings. The highest BCUT2D eigenvalue weighted by molar-refractivity contribution is 7.90. The van der Waals surface area contributed by atoms with Gasteiger partial charge in [0.1, 0.15) is 0 Å². The summed E-state index contributed by atoms with van der Waals surface area (Å²) in [6.45, 7) is 3.15. The lowest BCUT2D eigenvalue weighted by Gasteiger charge is -2.34. The Morgan fingerprint density at radius 1 is 1.03 bits per heavy atom. The number of rotatable bonds is 7. The molecule has 1 heterocycles. The van der Waals surface area contributed by atoms with Crippen molar-refractivity contribution in [1.29, 1.82) is 0 Å². The Bertz CT molecular complexity index is 1410. The molecule has 1 fully saturated rings. The first-order valence-electron chi connectivity index (χ1n) is 11.8. The van der Waals surface area contributed by atoms with Crippen LogP contribution in [0.4, 0.5) is 5.69 Å². The third-order valence-corrected chi connectivity index (χ3v) is 8.67. The summed E-state index contributed by atoms with van der Waals surface area (Å²) in [5.41, 5.74) is 0.665. The normalized spacial score (nSPS) is 14.5. The third kappa shape index (κ3) is 5.37. The van der Waals surface area contributed by atoms with Crippen molar-refractivity contribution in [2.45, 2.75) is 43.5 Å². The van der Waals surface area contributed by atoms with Crippen LogP contribution in [0.15, 0.2) is 59.5 Å². The molecule has 2 amide bonds. The number of anilines is 1. The quantitative estimate of drug-likeness (QED) is 0.409. The Morgan fingerprint density at radius 2 is 1.72 bits per heavy atom. The zero-order valence-electron chi connectivity index (χ0n) is 19.8. The van der Waals surface area contributed by atoms with Crippen LogP contribution in [0.5, 0.6) is 0 Å². The van der Waals surface area contributed by atoms with E-state index in [0.717, 1.165) is 4.31 Å². The summed E-state index contributed by atoms with van der Waals surface area (Å²) in [4.78, 5) is 26.0. The molecular formula is C26H27Cl2N3O4S. The van der Waals surface area contributed by atoms with E-state index < -0.39 is 27.9 Å². The van der Waals surface area contributed by atoms with E-state index in [0.29, 0.717) is 53.8 Å². The first kappa shape index (κ1) is 26.4. The zero-order chi connectivity index (χ0) is 25.9. The van der Waals surface area contributed by atoms with Gasteiger partial charge in [-0.15, -0.1) is 0 Å².